The summed E-state index contributed by atoms with van der Waals surface area (Å²) >= 11 is 0. The largest absolute Gasteiger partial charge is 0.480 e. The fourth-order valence-corrected chi connectivity index (χ4v) is 1.79. The Bertz CT molecular complexity index is 442. The highest BCUT2D eigenvalue weighted by Crippen LogP contribution is 2.04. The standard InChI is InChI=1S/C14H23NO4Si/c1-11(14(18)19)15(2)13(17)8-6-7-12(16)9-10-20(3,4)5/h11H,6-8H2,1-5H3,(H,18,19). The molecule has 0 radical (unpaired) electrons. The van der Waals surface area contributed by atoms with Gasteiger partial charge in [0.25, 0.3) is 0 Å². The lowest BCUT2D eigenvalue weighted by Crippen LogP contribution is -2.40. The third kappa shape index (κ3) is 7.74. The van der Waals surface area contributed by atoms with E-state index in [-0.39, 0.29) is 24.5 Å². The monoisotopic (exact) mass is 297 g/mol. The number of nitrogens with zero attached hydrogens (tertiary/aromatic N) is 1. The zero-order chi connectivity index (χ0) is 15.9. The van der Waals surface area contributed by atoms with E-state index in [1.54, 1.807) is 0 Å². The van der Waals surface area contributed by atoms with Crippen LogP contribution in [0, 0.1) is 11.5 Å². The van der Waals surface area contributed by atoms with Crippen LogP contribution in [-0.2, 0) is 14.4 Å². The zero-order valence-corrected chi connectivity index (χ0v) is 13.8. The first kappa shape index (κ1) is 18.4. The van der Waals surface area contributed by atoms with Crippen LogP contribution in [0.2, 0.25) is 19.6 Å². The number of rotatable bonds is 6. The highest BCUT2D eigenvalue weighted by atomic mass is 28.3. The summed E-state index contributed by atoms with van der Waals surface area (Å²) in [6.45, 7) is 7.61. The van der Waals surface area contributed by atoms with Crippen molar-refractivity contribution in [2.24, 2.45) is 0 Å². The van der Waals surface area contributed by atoms with Crippen molar-refractivity contribution < 1.29 is 19.5 Å². The van der Waals surface area contributed by atoms with Crippen LogP contribution < -0.4 is 0 Å². The fraction of sp³-hybridized carbons (Fsp3) is 0.643. The summed E-state index contributed by atoms with van der Waals surface area (Å²) in [5, 5.41) is 8.80. The molecule has 20 heavy (non-hydrogen) atoms. The van der Waals surface area contributed by atoms with Crippen molar-refractivity contribution in [2.75, 3.05) is 7.05 Å². The number of amides is 1. The van der Waals surface area contributed by atoms with Crippen molar-refractivity contribution >= 4 is 25.7 Å². The number of likely N-dealkylation sites (N-methyl/N-ethyl adjacent to an activating group) is 1. The van der Waals surface area contributed by atoms with Gasteiger partial charge in [-0.05, 0) is 19.3 Å². The molecular formula is C14H23NO4Si. The molecule has 0 aromatic carbocycles. The van der Waals surface area contributed by atoms with Crippen molar-refractivity contribution in [1.29, 1.82) is 0 Å². The molecule has 0 heterocycles. The van der Waals surface area contributed by atoms with E-state index in [0.717, 1.165) is 0 Å². The average molecular weight is 297 g/mol. The van der Waals surface area contributed by atoms with Crippen LogP contribution in [0.25, 0.3) is 0 Å². The molecule has 1 unspecified atom stereocenters. The third-order valence-corrected chi connectivity index (χ3v) is 3.58. The van der Waals surface area contributed by atoms with Gasteiger partial charge in [-0.3, -0.25) is 9.59 Å². The number of carboxylic acid groups (broad SMARTS) is 1. The van der Waals surface area contributed by atoms with Crippen LogP contribution in [-0.4, -0.2) is 48.8 Å². The minimum absolute atomic E-state index is 0.158. The van der Waals surface area contributed by atoms with E-state index in [1.807, 2.05) is 0 Å². The second kappa shape index (κ2) is 7.85. The maximum absolute atomic E-state index is 11.7. The van der Waals surface area contributed by atoms with Crippen LogP contribution in [0.1, 0.15) is 26.2 Å². The maximum atomic E-state index is 11.7. The van der Waals surface area contributed by atoms with Gasteiger partial charge in [0.05, 0.1) is 0 Å². The van der Waals surface area contributed by atoms with Gasteiger partial charge >= 0.3 is 5.97 Å². The second-order valence-corrected chi connectivity index (χ2v) is 10.5. The summed E-state index contributed by atoms with van der Waals surface area (Å²) in [7, 11) is -0.0965. The highest BCUT2D eigenvalue weighted by Gasteiger charge is 2.21. The van der Waals surface area contributed by atoms with E-state index < -0.39 is 20.1 Å². The highest BCUT2D eigenvalue weighted by molar-refractivity contribution is 6.84. The number of Topliss-reactive ketones (excluding diaryl/α,β-unsaturated/α-hetero) is 1. The molecule has 0 saturated carbocycles. The Morgan fingerprint density at radius 2 is 1.75 bits per heavy atom. The van der Waals surface area contributed by atoms with Crippen molar-refractivity contribution in [3.05, 3.63) is 0 Å². The van der Waals surface area contributed by atoms with Crippen LogP contribution in [0.4, 0.5) is 0 Å². The predicted molar refractivity (Wildman–Crippen MR) is 79.8 cm³/mol. The summed E-state index contributed by atoms with van der Waals surface area (Å²) in [6.07, 6.45) is 0.793. The van der Waals surface area contributed by atoms with Crippen molar-refractivity contribution in [2.45, 2.75) is 51.9 Å². The van der Waals surface area contributed by atoms with E-state index in [1.165, 1.54) is 18.9 Å². The number of hydrogen-bond donors (Lipinski definition) is 1. The lowest BCUT2D eigenvalue weighted by atomic mass is 10.1. The number of carboxylic acids is 1. The van der Waals surface area contributed by atoms with Crippen LogP contribution in [0.5, 0.6) is 0 Å². The molecule has 112 valence electrons. The molecule has 1 amide bonds. The fourth-order valence-electron chi connectivity index (χ4n) is 1.28. The molecule has 0 aliphatic carbocycles. The molecule has 1 N–H and O–H groups in total. The van der Waals surface area contributed by atoms with Gasteiger partial charge in [-0.15, -0.1) is 5.54 Å². The van der Waals surface area contributed by atoms with Gasteiger partial charge in [0.1, 0.15) is 14.1 Å². The van der Waals surface area contributed by atoms with Crippen molar-refractivity contribution in [1.82, 2.24) is 4.90 Å². The summed E-state index contributed by atoms with van der Waals surface area (Å²) < 4.78 is 0. The maximum Gasteiger partial charge on any atom is 0.326 e. The lowest BCUT2D eigenvalue weighted by Gasteiger charge is -2.21. The van der Waals surface area contributed by atoms with Crippen molar-refractivity contribution in [3.63, 3.8) is 0 Å². The van der Waals surface area contributed by atoms with Gasteiger partial charge in [-0.2, -0.15) is 0 Å². The Kier molecular flexibility index (Phi) is 7.22. The SMILES string of the molecule is CC(C(=O)O)N(C)C(=O)CCCC(=O)C#C[Si](C)(C)C. The Hall–Kier alpha value is -1.61. The second-order valence-electron chi connectivity index (χ2n) is 5.80. The predicted octanol–water partition coefficient (Wildman–Crippen LogP) is 1.54. The van der Waals surface area contributed by atoms with Gasteiger partial charge in [0.15, 0.2) is 0 Å². The molecule has 0 rings (SSSR count). The van der Waals surface area contributed by atoms with Crippen molar-refractivity contribution in [3.8, 4) is 11.5 Å². The van der Waals surface area contributed by atoms with E-state index in [4.69, 9.17) is 5.11 Å². The lowest BCUT2D eigenvalue weighted by molar-refractivity contribution is -0.148. The smallest absolute Gasteiger partial charge is 0.326 e. The molecule has 0 aromatic rings. The normalized spacial score (nSPS) is 12.1. The molecule has 0 aromatic heterocycles. The Morgan fingerprint density at radius 1 is 1.20 bits per heavy atom. The number of aliphatic carboxylic acids is 1. The number of ketones is 1. The van der Waals surface area contributed by atoms with E-state index in [9.17, 15) is 14.4 Å². The van der Waals surface area contributed by atoms with Gasteiger partial charge in [-0.25, -0.2) is 4.79 Å². The molecule has 0 saturated heterocycles. The number of carbonyl (C=O) groups is 3. The van der Waals surface area contributed by atoms with E-state index in [0.29, 0.717) is 6.42 Å². The molecule has 0 aliphatic rings. The van der Waals surface area contributed by atoms with Gasteiger partial charge in [0.2, 0.25) is 11.7 Å². The minimum atomic E-state index is -1.55. The topological polar surface area (TPSA) is 74.7 Å². The molecule has 1 atom stereocenters. The van der Waals surface area contributed by atoms with Gasteiger partial charge in [-0.1, -0.05) is 19.6 Å². The summed E-state index contributed by atoms with van der Waals surface area (Å²) in [4.78, 5) is 35.1. The average Bonchev–Trinajstić information content (AvgIpc) is 2.33. The van der Waals surface area contributed by atoms with E-state index in [2.05, 4.69) is 31.1 Å². The first-order chi connectivity index (χ1) is 9.04. The Balaban J connectivity index is 4.18. The quantitative estimate of drug-likeness (QED) is 0.596. The zero-order valence-electron chi connectivity index (χ0n) is 12.8. The van der Waals surface area contributed by atoms with Gasteiger partial charge < -0.3 is 10.0 Å². The summed E-state index contributed by atoms with van der Waals surface area (Å²) in [6, 6.07) is -0.857. The van der Waals surface area contributed by atoms with Crippen LogP contribution in [0.3, 0.4) is 0 Å². The molecule has 0 bridgehead atoms. The number of hydrogen-bond acceptors (Lipinski definition) is 3. The first-order valence-corrected chi connectivity index (χ1v) is 10.1. The number of carbonyl (C=O) groups excluding carboxylic acids is 2. The van der Waals surface area contributed by atoms with E-state index >= 15 is 0 Å². The molecule has 6 heteroatoms. The Morgan fingerprint density at radius 3 is 2.20 bits per heavy atom. The Labute approximate surface area is 121 Å². The third-order valence-electron chi connectivity index (χ3n) is 2.70. The molecule has 0 spiro atoms. The molecule has 5 nitrogen and oxygen atoms in total. The first-order valence-electron chi connectivity index (χ1n) is 6.59. The van der Waals surface area contributed by atoms with Crippen LogP contribution in [0.15, 0.2) is 0 Å². The van der Waals surface area contributed by atoms with Crippen LogP contribution >= 0.6 is 0 Å². The minimum Gasteiger partial charge on any atom is -0.480 e. The summed E-state index contributed by atoms with van der Waals surface area (Å²) in [5.74, 6) is 1.15. The molecule has 0 aliphatic heterocycles. The van der Waals surface area contributed by atoms with Gasteiger partial charge in [0, 0.05) is 19.9 Å². The summed E-state index contributed by atoms with van der Waals surface area (Å²) in [5.41, 5.74) is 2.98. The molecule has 0 fully saturated rings. The molecular weight excluding hydrogens is 274 g/mol.